The average Bonchev–Trinajstić information content (AvgIpc) is 3.77. The van der Waals surface area contributed by atoms with Gasteiger partial charge in [0, 0.05) is 16.1 Å². The van der Waals surface area contributed by atoms with Gasteiger partial charge in [-0.1, -0.05) is 0 Å². The van der Waals surface area contributed by atoms with Gasteiger partial charge in [-0.05, 0) is 47.5 Å². The molecule has 0 radical (unpaired) electrons. The van der Waals surface area contributed by atoms with Crippen LogP contribution in [-0.4, -0.2) is 75.7 Å². The molecule has 16 heteroatoms. The highest BCUT2D eigenvalue weighted by Crippen LogP contribution is 2.46. The molecule has 3 aromatic rings. The van der Waals surface area contributed by atoms with Gasteiger partial charge in [-0.3, -0.25) is 9.89 Å². The SMILES string of the molecule is COC(=O)c1csc(C2=NC(c3csc([C@@H]4COC(C)(C)N4C(=O)OC(C)(C)C)n3)C(N)(c3nc(C(=O)OC)cs3)CC2)n1. The Morgan fingerprint density at radius 2 is 1.66 bits per heavy atom. The molecule has 0 aromatic carbocycles. The molecular formula is C28H34N6O7S3. The number of aliphatic imine (C=N–C) groups is 1. The highest BCUT2D eigenvalue weighted by molar-refractivity contribution is 7.12. The summed E-state index contributed by atoms with van der Waals surface area (Å²) in [4.78, 5) is 58.1. The zero-order valence-electron chi connectivity index (χ0n) is 25.4. The van der Waals surface area contributed by atoms with Crippen LogP contribution in [0.1, 0.15) is 101 Å². The minimum Gasteiger partial charge on any atom is -0.464 e. The van der Waals surface area contributed by atoms with Crippen LogP contribution in [0.2, 0.25) is 0 Å². The molecule has 2 aliphatic rings. The number of hydrogen-bond donors (Lipinski definition) is 1. The van der Waals surface area contributed by atoms with Crippen LogP contribution in [0.3, 0.4) is 0 Å². The van der Waals surface area contributed by atoms with Crippen molar-refractivity contribution in [2.75, 3.05) is 20.8 Å². The van der Waals surface area contributed by atoms with E-state index in [9.17, 15) is 14.4 Å². The lowest BCUT2D eigenvalue weighted by molar-refractivity contribution is -0.0626. The van der Waals surface area contributed by atoms with E-state index in [1.165, 1.54) is 48.2 Å². The number of thiazole rings is 3. The predicted molar refractivity (Wildman–Crippen MR) is 164 cm³/mol. The van der Waals surface area contributed by atoms with Crippen molar-refractivity contribution in [2.24, 2.45) is 10.7 Å². The number of nitrogens with two attached hydrogens (primary N) is 1. The number of carbonyl (C=O) groups excluding carboxylic acids is 3. The first kappa shape index (κ1) is 32.1. The minimum absolute atomic E-state index is 0.158. The molecule has 3 aromatic heterocycles. The maximum absolute atomic E-state index is 13.3. The molecule has 236 valence electrons. The summed E-state index contributed by atoms with van der Waals surface area (Å²) in [7, 11) is 2.59. The van der Waals surface area contributed by atoms with Gasteiger partial charge in [0.25, 0.3) is 0 Å². The van der Waals surface area contributed by atoms with Crippen molar-refractivity contribution in [1.29, 1.82) is 0 Å². The summed E-state index contributed by atoms with van der Waals surface area (Å²) in [5.74, 6) is -1.10. The molecule has 1 saturated heterocycles. The fourth-order valence-electron chi connectivity index (χ4n) is 5.03. The summed E-state index contributed by atoms with van der Waals surface area (Å²) < 4.78 is 21.4. The molecule has 1 fully saturated rings. The number of rotatable bonds is 6. The fourth-order valence-corrected chi connectivity index (χ4v) is 7.71. The molecule has 2 aliphatic heterocycles. The van der Waals surface area contributed by atoms with Crippen LogP contribution in [0.5, 0.6) is 0 Å². The third kappa shape index (κ3) is 6.13. The van der Waals surface area contributed by atoms with E-state index in [-0.39, 0.29) is 18.0 Å². The Hall–Kier alpha value is -3.31. The molecule has 3 atom stereocenters. The van der Waals surface area contributed by atoms with Crippen molar-refractivity contribution < 1.29 is 33.3 Å². The van der Waals surface area contributed by atoms with Crippen LogP contribution >= 0.6 is 34.0 Å². The normalized spacial score (nSPS) is 23.3. The van der Waals surface area contributed by atoms with E-state index < -0.39 is 47.0 Å². The van der Waals surface area contributed by atoms with Crippen molar-refractivity contribution >= 4 is 57.8 Å². The van der Waals surface area contributed by atoms with Gasteiger partial charge in [0.05, 0.1) is 37.8 Å². The highest BCUT2D eigenvalue weighted by atomic mass is 32.1. The predicted octanol–water partition coefficient (Wildman–Crippen LogP) is 4.85. The second kappa shape index (κ2) is 11.9. The first-order chi connectivity index (χ1) is 20.7. The number of amides is 1. The van der Waals surface area contributed by atoms with Gasteiger partial charge < -0.3 is 24.7 Å². The van der Waals surface area contributed by atoms with Gasteiger partial charge in [-0.25, -0.2) is 29.3 Å². The maximum atomic E-state index is 13.3. The zero-order chi connectivity index (χ0) is 32.0. The first-order valence-electron chi connectivity index (χ1n) is 13.7. The zero-order valence-corrected chi connectivity index (χ0v) is 27.9. The van der Waals surface area contributed by atoms with E-state index >= 15 is 0 Å². The largest absolute Gasteiger partial charge is 0.464 e. The minimum atomic E-state index is -1.12. The fraction of sp³-hybridized carbons (Fsp3) is 0.536. The quantitative estimate of drug-likeness (QED) is 0.283. The van der Waals surface area contributed by atoms with Crippen molar-refractivity contribution in [3.8, 4) is 0 Å². The van der Waals surface area contributed by atoms with Crippen LogP contribution in [0.25, 0.3) is 0 Å². The van der Waals surface area contributed by atoms with Crippen LogP contribution in [0.15, 0.2) is 21.1 Å². The summed E-state index contributed by atoms with van der Waals surface area (Å²) in [5.41, 5.74) is 5.98. The Morgan fingerprint density at radius 1 is 1.00 bits per heavy atom. The van der Waals surface area contributed by atoms with Crippen LogP contribution in [-0.2, 0) is 24.5 Å². The number of methoxy groups -OCH3 is 2. The molecule has 0 bridgehead atoms. The smallest absolute Gasteiger partial charge is 0.413 e. The number of nitrogens with zero attached hydrogens (tertiary/aromatic N) is 5. The summed E-state index contributed by atoms with van der Waals surface area (Å²) in [6, 6.07) is -1.21. The molecule has 2 N–H and O–H groups in total. The molecule has 44 heavy (non-hydrogen) atoms. The molecule has 0 spiro atoms. The average molecular weight is 663 g/mol. The van der Waals surface area contributed by atoms with Gasteiger partial charge in [-0.15, -0.1) is 34.0 Å². The number of carbonyl (C=O) groups is 3. The lowest BCUT2D eigenvalue weighted by atomic mass is 9.82. The summed E-state index contributed by atoms with van der Waals surface area (Å²) in [6.45, 7) is 9.29. The summed E-state index contributed by atoms with van der Waals surface area (Å²) >= 11 is 3.91. The van der Waals surface area contributed by atoms with Crippen molar-refractivity contribution in [3.63, 3.8) is 0 Å². The van der Waals surface area contributed by atoms with Gasteiger partial charge in [0.1, 0.15) is 38.4 Å². The second-order valence-electron chi connectivity index (χ2n) is 11.8. The van der Waals surface area contributed by atoms with E-state index in [1.54, 1.807) is 15.7 Å². The monoisotopic (exact) mass is 662 g/mol. The first-order valence-corrected chi connectivity index (χ1v) is 16.4. The number of esters is 2. The molecule has 2 unspecified atom stereocenters. The Kier molecular flexibility index (Phi) is 8.67. The van der Waals surface area contributed by atoms with E-state index in [4.69, 9.17) is 34.7 Å². The van der Waals surface area contributed by atoms with Crippen LogP contribution < -0.4 is 5.73 Å². The summed E-state index contributed by atoms with van der Waals surface area (Å²) in [5, 5.41) is 6.82. The van der Waals surface area contributed by atoms with Gasteiger partial charge in [0.2, 0.25) is 0 Å². The molecular weight excluding hydrogens is 629 g/mol. The molecule has 1 amide bonds. The second-order valence-corrected chi connectivity index (χ2v) is 14.4. The molecule has 5 heterocycles. The number of aromatic nitrogens is 3. The number of hydrogen-bond acceptors (Lipinski definition) is 15. The summed E-state index contributed by atoms with van der Waals surface area (Å²) in [6.07, 6.45) is 0.354. The van der Waals surface area contributed by atoms with Crippen molar-refractivity contribution in [1.82, 2.24) is 19.9 Å². The molecule has 13 nitrogen and oxygen atoms in total. The number of ether oxygens (including phenoxy) is 4. The lowest BCUT2D eigenvalue weighted by Gasteiger charge is -2.36. The molecule has 5 rings (SSSR count). The lowest BCUT2D eigenvalue weighted by Crippen LogP contribution is -2.47. The Balaban J connectivity index is 1.55. The highest BCUT2D eigenvalue weighted by Gasteiger charge is 2.49. The van der Waals surface area contributed by atoms with E-state index in [1.807, 2.05) is 40.0 Å². The van der Waals surface area contributed by atoms with Crippen molar-refractivity contribution in [3.05, 3.63) is 48.2 Å². The van der Waals surface area contributed by atoms with Gasteiger partial charge >= 0.3 is 18.0 Å². The standard InChI is InChI=1S/C28H34N6O7S3/c1-26(2,3)41-25(37)34-18(10-40-27(34,4)5)21-31-15(11-43-21)19-28(29,24-33-17(13-44-24)23(36)39-7)9-8-14(30-19)20-32-16(12-42-20)22(35)38-6/h11-13,18-19H,8-10,29H2,1-7H3/t18-,19?,28?/m0/s1. The van der Waals surface area contributed by atoms with E-state index in [0.717, 1.165) is 0 Å². The third-order valence-corrected chi connectivity index (χ3v) is 10.1. The molecule has 0 saturated carbocycles. The Bertz CT molecular complexity index is 1610. The van der Waals surface area contributed by atoms with Crippen LogP contribution in [0, 0.1) is 0 Å². The van der Waals surface area contributed by atoms with E-state index in [2.05, 4.69) is 9.97 Å². The topological polar surface area (TPSA) is 168 Å². The van der Waals surface area contributed by atoms with E-state index in [0.29, 0.717) is 39.3 Å². The maximum Gasteiger partial charge on any atom is 0.413 e. The third-order valence-electron chi connectivity index (χ3n) is 7.17. The van der Waals surface area contributed by atoms with Crippen LogP contribution in [0.4, 0.5) is 4.79 Å². The Labute approximate surface area is 266 Å². The van der Waals surface area contributed by atoms with Gasteiger partial charge in [0.15, 0.2) is 11.4 Å². The molecule has 0 aliphatic carbocycles. The van der Waals surface area contributed by atoms with Gasteiger partial charge in [-0.2, -0.15) is 0 Å². The van der Waals surface area contributed by atoms with Crippen molar-refractivity contribution in [2.45, 2.75) is 76.4 Å². The Morgan fingerprint density at radius 3 is 2.32 bits per heavy atom.